The third-order valence-corrected chi connectivity index (χ3v) is 7.82. The summed E-state index contributed by atoms with van der Waals surface area (Å²) >= 11 is 0. The Morgan fingerprint density at radius 2 is 1.50 bits per heavy atom. The number of hydrogen-bond donors (Lipinski definition) is 1. The molecule has 0 saturated carbocycles. The standard InChI is InChI=1S/C26H23N2.C11H20O2.Ir/c1-16(2)17-9-11-18(12-10-17)24-23-25(28-15-27-24)21-13-19-7-5-6-8-20(19)14-22(21)26(23,3)4;1-10(2,3)8(12)7-9(13)11(4,5)6;/h5-11,13-16H,1-4H3;7,12H,1-6H3;/q-1;;/b;8-7-;. The second-order valence-corrected chi connectivity index (χ2v) is 13.9. The molecule has 1 N–H and O–H groups in total. The average Bonchev–Trinajstić information content (AvgIpc) is 3.13. The zero-order valence-electron chi connectivity index (χ0n) is 26.5. The van der Waals surface area contributed by atoms with Gasteiger partial charge in [-0.1, -0.05) is 99.4 Å². The summed E-state index contributed by atoms with van der Waals surface area (Å²) in [5.74, 6) is 0.599. The maximum Gasteiger partial charge on any atom is 0.164 e. The Morgan fingerprint density at radius 3 is 2.02 bits per heavy atom. The van der Waals surface area contributed by atoms with E-state index in [0.29, 0.717) is 5.92 Å². The molecule has 0 fully saturated rings. The Labute approximate surface area is 265 Å². The van der Waals surface area contributed by atoms with Crippen LogP contribution < -0.4 is 0 Å². The van der Waals surface area contributed by atoms with Crippen LogP contribution in [0.15, 0.2) is 72.8 Å². The van der Waals surface area contributed by atoms with E-state index in [1.807, 2.05) is 41.5 Å². The molecule has 3 aromatic carbocycles. The van der Waals surface area contributed by atoms with Gasteiger partial charge in [0.05, 0.1) is 5.69 Å². The molecule has 0 unspecified atom stereocenters. The van der Waals surface area contributed by atoms with Crippen LogP contribution in [0.5, 0.6) is 0 Å². The Hall–Kier alpha value is -3.14. The van der Waals surface area contributed by atoms with Gasteiger partial charge in [0.2, 0.25) is 0 Å². The molecule has 1 heterocycles. The number of ketones is 1. The number of aliphatic hydroxyl groups excluding tert-OH is 1. The van der Waals surface area contributed by atoms with Crippen molar-refractivity contribution in [2.24, 2.45) is 10.8 Å². The van der Waals surface area contributed by atoms with Crippen molar-refractivity contribution < 1.29 is 30.0 Å². The fourth-order valence-electron chi connectivity index (χ4n) is 4.97. The Morgan fingerprint density at radius 1 is 0.905 bits per heavy atom. The molecule has 0 spiro atoms. The molecule has 0 bridgehead atoms. The van der Waals surface area contributed by atoms with Crippen molar-refractivity contribution >= 4 is 16.6 Å². The number of carbonyl (C=O) groups excluding carboxylic acids is 1. The molecule has 1 aliphatic carbocycles. The van der Waals surface area contributed by atoms with E-state index in [-0.39, 0.29) is 42.5 Å². The molecule has 5 heteroatoms. The SMILES string of the molecule is CC(C)(C)C(=O)/C=C(\O)C(C)(C)C.CC(C)c1c[c-]c(-c2ncnc3c2C(C)(C)c2cc4ccccc4cc2-3)cc1.[Ir]. The first-order valence-corrected chi connectivity index (χ1v) is 14.4. The normalized spacial score (nSPS) is 14.0. The van der Waals surface area contributed by atoms with E-state index in [0.717, 1.165) is 17.0 Å². The molecule has 223 valence electrons. The van der Waals surface area contributed by atoms with Gasteiger partial charge in [0.1, 0.15) is 12.1 Å². The summed E-state index contributed by atoms with van der Waals surface area (Å²) in [7, 11) is 0. The Balaban J connectivity index is 0.000000297. The number of allylic oxidation sites excluding steroid dienone is 2. The van der Waals surface area contributed by atoms with Crippen LogP contribution in [0.2, 0.25) is 0 Å². The van der Waals surface area contributed by atoms with Gasteiger partial charge in [-0.25, -0.2) is 4.98 Å². The molecule has 1 aliphatic rings. The van der Waals surface area contributed by atoms with Gasteiger partial charge in [0.15, 0.2) is 5.78 Å². The van der Waals surface area contributed by atoms with E-state index < -0.39 is 5.41 Å². The average molecular weight is 740 g/mol. The summed E-state index contributed by atoms with van der Waals surface area (Å²) in [4.78, 5) is 20.9. The molecule has 4 aromatic rings. The van der Waals surface area contributed by atoms with Crippen molar-refractivity contribution in [1.82, 2.24) is 9.97 Å². The van der Waals surface area contributed by atoms with Crippen LogP contribution >= 0.6 is 0 Å². The molecule has 42 heavy (non-hydrogen) atoms. The van der Waals surface area contributed by atoms with Gasteiger partial charge in [0, 0.05) is 48.0 Å². The predicted octanol–water partition coefficient (Wildman–Crippen LogP) is 9.61. The second kappa shape index (κ2) is 12.2. The summed E-state index contributed by atoms with van der Waals surface area (Å²) < 4.78 is 0. The van der Waals surface area contributed by atoms with Crippen LogP contribution in [0.3, 0.4) is 0 Å². The number of aromatic nitrogens is 2. The number of rotatable bonds is 3. The van der Waals surface area contributed by atoms with Gasteiger partial charge in [-0.2, -0.15) is 0 Å². The number of aliphatic hydroxyl groups is 1. The summed E-state index contributed by atoms with van der Waals surface area (Å²) in [5, 5.41) is 12.1. The maximum atomic E-state index is 11.5. The predicted molar refractivity (Wildman–Crippen MR) is 170 cm³/mol. The van der Waals surface area contributed by atoms with E-state index >= 15 is 0 Å². The first-order valence-electron chi connectivity index (χ1n) is 14.4. The maximum absolute atomic E-state index is 11.5. The second-order valence-electron chi connectivity index (χ2n) is 13.9. The third kappa shape index (κ3) is 6.74. The molecule has 0 saturated heterocycles. The molecule has 0 aliphatic heterocycles. The number of nitrogens with zero attached hydrogens (tertiary/aromatic N) is 2. The summed E-state index contributed by atoms with van der Waals surface area (Å²) in [6, 6.07) is 23.0. The third-order valence-electron chi connectivity index (χ3n) is 7.82. The van der Waals surface area contributed by atoms with E-state index in [4.69, 9.17) is 9.97 Å². The number of carbonyl (C=O) groups is 1. The zero-order valence-corrected chi connectivity index (χ0v) is 28.9. The van der Waals surface area contributed by atoms with Crippen molar-refractivity contribution in [3.8, 4) is 22.5 Å². The van der Waals surface area contributed by atoms with Crippen molar-refractivity contribution in [2.45, 2.75) is 80.6 Å². The van der Waals surface area contributed by atoms with Crippen molar-refractivity contribution in [1.29, 1.82) is 0 Å². The van der Waals surface area contributed by atoms with Gasteiger partial charge in [0.25, 0.3) is 0 Å². The molecule has 0 atom stereocenters. The first kappa shape index (κ1) is 33.4. The molecule has 1 radical (unpaired) electrons. The zero-order chi connectivity index (χ0) is 30.3. The van der Waals surface area contributed by atoms with E-state index in [1.165, 1.54) is 39.1 Å². The van der Waals surface area contributed by atoms with Crippen LogP contribution in [0.25, 0.3) is 33.3 Å². The Kier molecular flexibility index (Phi) is 9.71. The minimum atomic E-state index is -0.417. The smallest absolute Gasteiger partial charge is 0.164 e. The summed E-state index contributed by atoms with van der Waals surface area (Å²) in [5.41, 5.74) is 7.20. The fourth-order valence-corrected chi connectivity index (χ4v) is 4.97. The minimum Gasteiger partial charge on any atom is -0.512 e. The summed E-state index contributed by atoms with van der Waals surface area (Å²) in [6.45, 7) is 20.1. The molecule has 0 amide bonds. The topological polar surface area (TPSA) is 63.1 Å². The first-order chi connectivity index (χ1) is 19.0. The molecule has 4 nitrogen and oxygen atoms in total. The van der Waals surface area contributed by atoms with Crippen molar-refractivity contribution in [3.05, 3.63) is 95.5 Å². The van der Waals surface area contributed by atoms with E-state index in [2.05, 4.69) is 88.4 Å². The number of hydrogen-bond acceptors (Lipinski definition) is 4. The van der Waals surface area contributed by atoms with Crippen LogP contribution in [-0.2, 0) is 30.3 Å². The van der Waals surface area contributed by atoms with Gasteiger partial charge in [-0.15, -0.1) is 35.4 Å². The molecular weight excluding hydrogens is 697 g/mol. The van der Waals surface area contributed by atoms with Crippen LogP contribution in [0.4, 0.5) is 0 Å². The van der Waals surface area contributed by atoms with Crippen molar-refractivity contribution in [2.75, 3.05) is 0 Å². The van der Waals surface area contributed by atoms with Gasteiger partial charge < -0.3 is 5.11 Å². The van der Waals surface area contributed by atoms with E-state index in [9.17, 15) is 9.90 Å². The Bertz CT molecular complexity index is 1620. The van der Waals surface area contributed by atoms with Crippen molar-refractivity contribution in [3.63, 3.8) is 0 Å². The molecular formula is C37H43IrN2O2-. The fraction of sp³-hybridized carbons (Fsp3) is 0.378. The van der Waals surface area contributed by atoms with Gasteiger partial charge in [-0.3, -0.25) is 9.78 Å². The van der Waals surface area contributed by atoms with Crippen LogP contribution in [0.1, 0.15) is 91.8 Å². The molecule has 5 rings (SSSR count). The molecule has 1 aromatic heterocycles. The van der Waals surface area contributed by atoms with Gasteiger partial charge >= 0.3 is 0 Å². The summed E-state index contributed by atoms with van der Waals surface area (Å²) in [6.07, 6.45) is 3.03. The largest absolute Gasteiger partial charge is 0.512 e. The van der Waals surface area contributed by atoms with Crippen LogP contribution in [0, 0.1) is 16.9 Å². The number of benzene rings is 3. The monoisotopic (exact) mass is 740 g/mol. The van der Waals surface area contributed by atoms with E-state index in [1.54, 1.807) is 6.33 Å². The quantitative estimate of drug-likeness (QED) is 0.129. The minimum absolute atomic E-state index is 0. The van der Waals surface area contributed by atoms with Crippen LogP contribution in [-0.4, -0.2) is 20.9 Å². The van der Waals surface area contributed by atoms with Gasteiger partial charge in [-0.05, 0) is 39.7 Å². The number of fused-ring (bicyclic) bond motifs is 4.